The number of thiophene rings is 1. The van der Waals surface area contributed by atoms with Crippen molar-refractivity contribution in [3.63, 3.8) is 0 Å². The number of hydrogen-bond acceptors (Lipinski definition) is 4. The zero-order valence-corrected chi connectivity index (χ0v) is 17.8. The minimum atomic E-state index is -0.176. The summed E-state index contributed by atoms with van der Waals surface area (Å²) in [4.78, 5) is 19.1. The number of nitrogens with one attached hydrogen (secondary N) is 1. The molecule has 4 nitrogen and oxygen atoms in total. The molecular weight excluding hydrogens is 422 g/mol. The maximum Gasteiger partial charge on any atom is 0.267 e. The number of benzene rings is 1. The van der Waals surface area contributed by atoms with Crippen molar-refractivity contribution >= 4 is 54.8 Å². The van der Waals surface area contributed by atoms with Crippen LogP contribution in [-0.4, -0.2) is 10.9 Å². The number of rotatable bonds is 3. The van der Waals surface area contributed by atoms with E-state index in [1.165, 1.54) is 35.4 Å². The topological polar surface area (TPSA) is 68.0 Å². The van der Waals surface area contributed by atoms with Crippen LogP contribution in [0.2, 0.25) is 0 Å². The summed E-state index contributed by atoms with van der Waals surface area (Å²) >= 11 is 4.83. The predicted molar refractivity (Wildman–Crippen MR) is 117 cm³/mol. The number of pyridine rings is 1. The maximum atomic E-state index is 12.8. The summed E-state index contributed by atoms with van der Waals surface area (Å²) in [5, 5.41) is 3.89. The van der Waals surface area contributed by atoms with Crippen LogP contribution >= 0.6 is 27.3 Å². The van der Waals surface area contributed by atoms with E-state index in [1.807, 2.05) is 25.1 Å². The van der Waals surface area contributed by atoms with Gasteiger partial charge < -0.3 is 11.1 Å². The molecule has 1 aliphatic carbocycles. The summed E-state index contributed by atoms with van der Waals surface area (Å²) in [6, 6.07) is 7.94. The van der Waals surface area contributed by atoms with E-state index >= 15 is 0 Å². The lowest BCUT2D eigenvalue weighted by molar-refractivity contribution is 0.103. The van der Waals surface area contributed by atoms with E-state index in [1.54, 1.807) is 0 Å². The molecule has 0 radical (unpaired) electrons. The monoisotopic (exact) mass is 443 g/mol. The first kappa shape index (κ1) is 18.4. The molecule has 1 atom stereocenters. The molecule has 0 saturated heterocycles. The van der Waals surface area contributed by atoms with Crippen LogP contribution in [0.4, 0.5) is 11.4 Å². The van der Waals surface area contributed by atoms with Crippen LogP contribution in [0.1, 0.15) is 46.3 Å². The molecule has 0 saturated carbocycles. The van der Waals surface area contributed by atoms with Crippen LogP contribution in [0.25, 0.3) is 10.2 Å². The van der Waals surface area contributed by atoms with E-state index in [0.29, 0.717) is 10.6 Å². The van der Waals surface area contributed by atoms with Gasteiger partial charge in [0, 0.05) is 21.2 Å². The molecule has 0 fully saturated rings. The van der Waals surface area contributed by atoms with Gasteiger partial charge in [0.2, 0.25) is 0 Å². The molecule has 0 spiro atoms. The number of nitrogen functional groups attached to an aromatic ring is 1. The molecular formula is C21H22BrN3OS. The minimum Gasteiger partial charge on any atom is -0.397 e. The van der Waals surface area contributed by atoms with Crippen molar-refractivity contribution < 1.29 is 4.79 Å². The van der Waals surface area contributed by atoms with E-state index in [9.17, 15) is 4.79 Å². The van der Waals surface area contributed by atoms with Crippen molar-refractivity contribution in [2.24, 2.45) is 5.92 Å². The van der Waals surface area contributed by atoms with Crippen molar-refractivity contribution in [1.29, 1.82) is 0 Å². The van der Waals surface area contributed by atoms with Crippen LogP contribution in [0.3, 0.4) is 0 Å². The number of aryl methyl sites for hydroxylation is 2. The first-order valence-corrected chi connectivity index (χ1v) is 10.9. The Labute approximate surface area is 171 Å². The first-order chi connectivity index (χ1) is 13.0. The summed E-state index contributed by atoms with van der Waals surface area (Å²) in [6.45, 7) is 4.21. The Morgan fingerprint density at radius 3 is 2.96 bits per heavy atom. The number of nitrogens with two attached hydrogens (primary N) is 1. The number of anilines is 2. The van der Waals surface area contributed by atoms with Gasteiger partial charge in [0.25, 0.3) is 5.91 Å². The van der Waals surface area contributed by atoms with E-state index in [-0.39, 0.29) is 5.91 Å². The molecule has 3 N–H and O–H groups in total. The molecule has 1 unspecified atom stereocenters. The Kier molecular flexibility index (Phi) is 4.95. The second-order valence-corrected chi connectivity index (χ2v) is 9.14. The zero-order valence-electron chi connectivity index (χ0n) is 15.4. The fourth-order valence-corrected chi connectivity index (χ4v) is 5.20. The number of amides is 1. The molecule has 1 amide bonds. The third-order valence-electron chi connectivity index (χ3n) is 5.41. The molecule has 1 aliphatic rings. The van der Waals surface area contributed by atoms with Gasteiger partial charge in [-0.25, -0.2) is 4.98 Å². The third kappa shape index (κ3) is 3.48. The number of carbonyl (C=O) groups excluding carboxylic acids is 1. The summed E-state index contributed by atoms with van der Waals surface area (Å²) < 4.78 is 0.986. The van der Waals surface area contributed by atoms with Crippen molar-refractivity contribution in [2.45, 2.75) is 39.5 Å². The van der Waals surface area contributed by atoms with Gasteiger partial charge in [0.05, 0.1) is 5.69 Å². The summed E-state index contributed by atoms with van der Waals surface area (Å²) in [7, 11) is 0. The molecule has 140 valence electrons. The third-order valence-corrected chi connectivity index (χ3v) is 7.02. The zero-order chi connectivity index (χ0) is 19.1. The predicted octanol–water partition coefficient (Wildman–Crippen LogP) is 5.72. The van der Waals surface area contributed by atoms with E-state index in [4.69, 9.17) is 10.7 Å². The fourth-order valence-electron chi connectivity index (χ4n) is 3.73. The Bertz CT molecular complexity index is 1040. The largest absolute Gasteiger partial charge is 0.397 e. The van der Waals surface area contributed by atoms with Crippen LogP contribution in [0.5, 0.6) is 0 Å². The second kappa shape index (κ2) is 7.24. The maximum absolute atomic E-state index is 12.8. The van der Waals surface area contributed by atoms with Crippen molar-refractivity contribution in [3.05, 3.63) is 50.4 Å². The summed E-state index contributed by atoms with van der Waals surface area (Å²) in [6.07, 6.45) is 4.46. The quantitative estimate of drug-likeness (QED) is 0.543. The molecule has 1 aromatic carbocycles. The van der Waals surface area contributed by atoms with Gasteiger partial charge in [-0.05, 0) is 67.5 Å². The van der Waals surface area contributed by atoms with Crippen molar-refractivity contribution in [1.82, 2.24) is 4.98 Å². The van der Waals surface area contributed by atoms with Gasteiger partial charge >= 0.3 is 0 Å². The Morgan fingerprint density at radius 1 is 1.41 bits per heavy atom. The number of hydrogen-bond donors (Lipinski definition) is 2. The highest BCUT2D eigenvalue weighted by molar-refractivity contribution is 9.10. The average molecular weight is 444 g/mol. The SMILES string of the molecule is CCC1CCc2nc3sc(C(=O)Nc4ccc(Br)cc4C)c(N)c3cc2C1. The molecule has 2 aromatic heterocycles. The standard InChI is InChI=1S/C21H22BrN3OS/c1-3-12-4-6-17-13(9-12)10-15-18(23)19(27-21(15)25-17)20(26)24-16-7-5-14(22)8-11(16)2/h5,7-8,10,12H,3-4,6,9,23H2,1-2H3,(H,24,26). The van der Waals surface area contributed by atoms with Gasteiger partial charge in [-0.15, -0.1) is 11.3 Å². The van der Waals surface area contributed by atoms with E-state index < -0.39 is 0 Å². The number of halogens is 1. The minimum absolute atomic E-state index is 0.176. The van der Waals surface area contributed by atoms with Gasteiger partial charge in [0.15, 0.2) is 0 Å². The van der Waals surface area contributed by atoms with E-state index in [0.717, 1.165) is 44.7 Å². The molecule has 2 heterocycles. The smallest absolute Gasteiger partial charge is 0.267 e. The van der Waals surface area contributed by atoms with Gasteiger partial charge in [-0.3, -0.25) is 4.79 Å². The second-order valence-electron chi connectivity index (χ2n) is 7.22. The number of nitrogens with zero attached hydrogens (tertiary/aromatic N) is 1. The molecule has 4 rings (SSSR count). The number of fused-ring (bicyclic) bond motifs is 2. The van der Waals surface area contributed by atoms with Crippen LogP contribution in [0, 0.1) is 12.8 Å². The molecule has 0 bridgehead atoms. The Balaban J connectivity index is 1.68. The normalized spacial score (nSPS) is 16.3. The molecule has 3 aromatic rings. The Hall–Kier alpha value is -1.92. The fraction of sp³-hybridized carbons (Fsp3) is 0.333. The number of carbonyl (C=O) groups is 1. The van der Waals surface area contributed by atoms with Gasteiger partial charge in [-0.2, -0.15) is 0 Å². The number of aromatic nitrogens is 1. The van der Waals surface area contributed by atoms with E-state index in [2.05, 4.69) is 34.2 Å². The van der Waals surface area contributed by atoms with Gasteiger partial charge in [-0.1, -0.05) is 29.3 Å². The highest BCUT2D eigenvalue weighted by atomic mass is 79.9. The lowest BCUT2D eigenvalue weighted by Gasteiger charge is -2.22. The van der Waals surface area contributed by atoms with Crippen molar-refractivity contribution in [3.8, 4) is 0 Å². The first-order valence-electron chi connectivity index (χ1n) is 9.24. The molecule has 6 heteroatoms. The van der Waals surface area contributed by atoms with Crippen LogP contribution in [-0.2, 0) is 12.8 Å². The lowest BCUT2D eigenvalue weighted by Crippen LogP contribution is -2.14. The summed E-state index contributed by atoms with van der Waals surface area (Å²) in [5.74, 6) is 0.546. The molecule has 0 aliphatic heterocycles. The summed E-state index contributed by atoms with van der Waals surface area (Å²) in [5.41, 5.74) is 11.1. The average Bonchev–Trinajstić information content (AvgIpc) is 2.97. The highest BCUT2D eigenvalue weighted by Crippen LogP contribution is 2.37. The highest BCUT2D eigenvalue weighted by Gasteiger charge is 2.23. The lowest BCUT2D eigenvalue weighted by atomic mass is 9.85. The van der Waals surface area contributed by atoms with Crippen molar-refractivity contribution in [2.75, 3.05) is 11.1 Å². The molecule has 27 heavy (non-hydrogen) atoms. The Morgan fingerprint density at radius 2 is 2.22 bits per heavy atom. The van der Waals surface area contributed by atoms with Crippen LogP contribution in [0.15, 0.2) is 28.7 Å². The van der Waals surface area contributed by atoms with Crippen LogP contribution < -0.4 is 11.1 Å². The van der Waals surface area contributed by atoms with Gasteiger partial charge in [0.1, 0.15) is 9.71 Å².